The van der Waals surface area contributed by atoms with Gasteiger partial charge in [0, 0.05) is 29.8 Å². The van der Waals surface area contributed by atoms with Gasteiger partial charge in [0.15, 0.2) is 0 Å². The quantitative estimate of drug-likeness (QED) is 0.707. The van der Waals surface area contributed by atoms with E-state index in [-0.39, 0.29) is 23.5 Å². The first-order valence-electron chi connectivity index (χ1n) is 9.85. The molecular weight excluding hydrogens is 369 g/mol. The van der Waals surface area contributed by atoms with E-state index in [9.17, 15) is 14.0 Å². The van der Waals surface area contributed by atoms with Crippen LogP contribution in [0.5, 0.6) is 0 Å². The van der Waals surface area contributed by atoms with Crippen LogP contribution in [0.25, 0.3) is 6.08 Å². The maximum atomic E-state index is 13.6. The Bertz CT molecular complexity index is 872. The van der Waals surface area contributed by atoms with Crippen molar-refractivity contribution < 1.29 is 14.0 Å². The van der Waals surface area contributed by atoms with Crippen molar-refractivity contribution in [2.24, 2.45) is 11.7 Å². The summed E-state index contributed by atoms with van der Waals surface area (Å²) >= 11 is 0. The number of likely N-dealkylation sites (tertiary alicyclic amines) is 1. The number of amides is 2. The summed E-state index contributed by atoms with van der Waals surface area (Å²) in [7, 11) is 0. The zero-order chi connectivity index (χ0) is 20.6. The van der Waals surface area contributed by atoms with Crippen molar-refractivity contribution in [3.63, 3.8) is 0 Å². The topological polar surface area (TPSA) is 75.4 Å². The molecule has 0 saturated carbocycles. The van der Waals surface area contributed by atoms with Crippen LogP contribution in [0.1, 0.15) is 24.0 Å². The second-order valence-corrected chi connectivity index (χ2v) is 7.31. The number of anilines is 1. The van der Waals surface area contributed by atoms with Crippen molar-refractivity contribution in [2.75, 3.05) is 25.0 Å². The molecule has 0 atom stereocenters. The Morgan fingerprint density at radius 3 is 2.45 bits per heavy atom. The zero-order valence-corrected chi connectivity index (χ0v) is 16.3. The van der Waals surface area contributed by atoms with E-state index in [1.807, 2.05) is 24.3 Å². The first-order chi connectivity index (χ1) is 14.0. The third kappa shape index (κ3) is 6.26. The number of benzene rings is 2. The minimum absolute atomic E-state index is 0.0154. The Labute approximate surface area is 170 Å². The van der Waals surface area contributed by atoms with E-state index in [2.05, 4.69) is 10.2 Å². The molecule has 0 spiro atoms. The molecule has 0 radical (unpaired) electrons. The lowest BCUT2D eigenvalue weighted by molar-refractivity contribution is -0.123. The van der Waals surface area contributed by atoms with Crippen LogP contribution in [0.15, 0.2) is 54.6 Å². The van der Waals surface area contributed by atoms with Crippen LogP contribution in [-0.4, -0.2) is 36.3 Å². The van der Waals surface area contributed by atoms with Crippen molar-refractivity contribution in [3.8, 4) is 0 Å². The summed E-state index contributed by atoms with van der Waals surface area (Å²) in [6.45, 7) is 2.73. The predicted octanol–water partition coefficient (Wildman–Crippen LogP) is 3.22. The SMILES string of the molecule is NC(=O)C1CCN(CCc2ccc(NC(=O)/C=C/c3ccccc3F)cc2)CC1. The molecule has 0 aliphatic carbocycles. The molecule has 1 fully saturated rings. The Morgan fingerprint density at radius 2 is 1.79 bits per heavy atom. The van der Waals surface area contributed by atoms with Gasteiger partial charge in [-0.15, -0.1) is 0 Å². The number of halogens is 1. The molecule has 1 saturated heterocycles. The molecular formula is C23H26FN3O2. The highest BCUT2D eigenvalue weighted by atomic mass is 19.1. The van der Waals surface area contributed by atoms with Gasteiger partial charge < -0.3 is 16.0 Å². The molecule has 0 bridgehead atoms. The summed E-state index contributed by atoms with van der Waals surface area (Å²) in [6, 6.07) is 14.0. The normalized spacial score (nSPS) is 15.5. The number of nitrogens with one attached hydrogen (secondary N) is 1. The number of carbonyl (C=O) groups is 2. The number of hydrogen-bond donors (Lipinski definition) is 2. The molecule has 2 aromatic rings. The highest BCUT2D eigenvalue weighted by Gasteiger charge is 2.22. The summed E-state index contributed by atoms with van der Waals surface area (Å²) in [5, 5.41) is 2.78. The molecule has 1 aliphatic rings. The van der Waals surface area contributed by atoms with Gasteiger partial charge >= 0.3 is 0 Å². The molecule has 152 valence electrons. The third-order valence-electron chi connectivity index (χ3n) is 5.25. The van der Waals surface area contributed by atoms with E-state index in [0.29, 0.717) is 11.3 Å². The van der Waals surface area contributed by atoms with Crippen LogP contribution < -0.4 is 11.1 Å². The largest absolute Gasteiger partial charge is 0.369 e. The molecule has 2 amide bonds. The number of rotatable bonds is 7. The molecule has 0 aromatic heterocycles. The van der Waals surface area contributed by atoms with E-state index in [1.54, 1.807) is 18.2 Å². The van der Waals surface area contributed by atoms with E-state index in [4.69, 9.17) is 5.73 Å². The molecule has 6 heteroatoms. The molecule has 3 N–H and O–H groups in total. The number of nitrogens with zero attached hydrogens (tertiary/aromatic N) is 1. The predicted molar refractivity (Wildman–Crippen MR) is 113 cm³/mol. The summed E-state index contributed by atoms with van der Waals surface area (Å²) in [5.74, 6) is -0.842. The van der Waals surface area contributed by atoms with Gasteiger partial charge in [-0.3, -0.25) is 9.59 Å². The lowest BCUT2D eigenvalue weighted by atomic mass is 9.96. The summed E-state index contributed by atoms with van der Waals surface area (Å²) in [4.78, 5) is 25.6. The summed E-state index contributed by atoms with van der Waals surface area (Å²) < 4.78 is 13.6. The van der Waals surface area contributed by atoms with Crippen molar-refractivity contribution in [2.45, 2.75) is 19.3 Å². The van der Waals surface area contributed by atoms with Crippen LogP contribution in [0.4, 0.5) is 10.1 Å². The fraction of sp³-hybridized carbons (Fsp3) is 0.304. The first kappa shape index (κ1) is 20.7. The minimum Gasteiger partial charge on any atom is -0.369 e. The molecule has 2 aromatic carbocycles. The highest BCUT2D eigenvalue weighted by molar-refractivity contribution is 6.01. The molecule has 5 nitrogen and oxygen atoms in total. The third-order valence-corrected chi connectivity index (χ3v) is 5.25. The zero-order valence-electron chi connectivity index (χ0n) is 16.3. The van der Waals surface area contributed by atoms with Crippen LogP contribution >= 0.6 is 0 Å². The fourth-order valence-corrected chi connectivity index (χ4v) is 3.44. The van der Waals surface area contributed by atoms with Gasteiger partial charge in [0.1, 0.15) is 5.82 Å². The van der Waals surface area contributed by atoms with Crippen molar-refractivity contribution in [1.82, 2.24) is 4.90 Å². The van der Waals surface area contributed by atoms with Gasteiger partial charge in [0.25, 0.3) is 0 Å². The Balaban J connectivity index is 1.45. The van der Waals surface area contributed by atoms with Gasteiger partial charge in [0.2, 0.25) is 11.8 Å². The standard InChI is InChI=1S/C23H26FN3O2/c24-21-4-2-1-3-18(21)7-10-22(28)26-20-8-5-17(6-9-20)11-14-27-15-12-19(13-16-27)23(25)29/h1-10,19H,11-16H2,(H2,25,29)(H,26,28)/b10-7+. The minimum atomic E-state index is -0.361. The fourth-order valence-electron chi connectivity index (χ4n) is 3.44. The number of carbonyl (C=O) groups excluding carboxylic acids is 2. The van der Waals surface area contributed by atoms with Gasteiger partial charge in [0.05, 0.1) is 0 Å². The maximum Gasteiger partial charge on any atom is 0.248 e. The number of hydrogen-bond acceptors (Lipinski definition) is 3. The lowest BCUT2D eigenvalue weighted by Crippen LogP contribution is -2.39. The van der Waals surface area contributed by atoms with E-state index in [1.165, 1.54) is 23.8 Å². The number of piperidine rings is 1. The monoisotopic (exact) mass is 395 g/mol. The second-order valence-electron chi connectivity index (χ2n) is 7.31. The van der Waals surface area contributed by atoms with Crippen molar-refractivity contribution >= 4 is 23.6 Å². The van der Waals surface area contributed by atoms with Gasteiger partial charge in [-0.25, -0.2) is 4.39 Å². The van der Waals surface area contributed by atoms with Crippen LogP contribution in [0, 0.1) is 11.7 Å². The van der Waals surface area contributed by atoms with E-state index in [0.717, 1.165) is 38.9 Å². The molecule has 29 heavy (non-hydrogen) atoms. The van der Waals surface area contributed by atoms with Crippen molar-refractivity contribution in [1.29, 1.82) is 0 Å². The van der Waals surface area contributed by atoms with Crippen molar-refractivity contribution in [3.05, 3.63) is 71.6 Å². The lowest BCUT2D eigenvalue weighted by Gasteiger charge is -2.30. The second kappa shape index (κ2) is 9.98. The van der Waals surface area contributed by atoms with Crippen LogP contribution in [0.2, 0.25) is 0 Å². The summed E-state index contributed by atoms with van der Waals surface area (Å²) in [5.41, 5.74) is 7.62. The average molecular weight is 395 g/mol. The summed E-state index contributed by atoms with van der Waals surface area (Å²) in [6.07, 6.45) is 5.35. The number of nitrogens with two attached hydrogens (primary N) is 1. The molecule has 1 aliphatic heterocycles. The number of primary amides is 1. The Morgan fingerprint density at radius 1 is 1.10 bits per heavy atom. The molecule has 1 heterocycles. The Hall–Kier alpha value is -2.99. The Kier molecular flexibility index (Phi) is 7.14. The van der Waals surface area contributed by atoms with Gasteiger partial charge in [-0.2, -0.15) is 0 Å². The highest BCUT2D eigenvalue weighted by Crippen LogP contribution is 2.17. The maximum absolute atomic E-state index is 13.6. The van der Waals surface area contributed by atoms with E-state index < -0.39 is 0 Å². The van der Waals surface area contributed by atoms with Gasteiger partial charge in [-0.1, -0.05) is 30.3 Å². The average Bonchev–Trinajstić information content (AvgIpc) is 2.73. The smallest absolute Gasteiger partial charge is 0.248 e. The van der Waals surface area contributed by atoms with Gasteiger partial charge in [-0.05, 0) is 62.2 Å². The molecule has 3 rings (SSSR count). The first-order valence-corrected chi connectivity index (χ1v) is 9.85. The van der Waals surface area contributed by atoms with Crippen LogP contribution in [0.3, 0.4) is 0 Å². The van der Waals surface area contributed by atoms with E-state index >= 15 is 0 Å². The van der Waals surface area contributed by atoms with Crippen LogP contribution in [-0.2, 0) is 16.0 Å². The molecule has 0 unspecified atom stereocenters.